The summed E-state index contributed by atoms with van der Waals surface area (Å²) in [5, 5.41) is 0. The maximum atomic E-state index is 5.06. The summed E-state index contributed by atoms with van der Waals surface area (Å²) in [6.07, 6.45) is 0. The summed E-state index contributed by atoms with van der Waals surface area (Å²) in [5.41, 5.74) is 2.01. The van der Waals surface area contributed by atoms with Crippen molar-refractivity contribution in [2.75, 3.05) is 0 Å². The fraction of sp³-hybridized carbons (Fsp3) is 0.250. The van der Waals surface area contributed by atoms with E-state index in [1.54, 1.807) is 6.07 Å². The van der Waals surface area contributed by atoms with Gasteiger partial charge in [0.15, 0.2) is 11.5 Å². The van der Waals surface area contributed by atoms with Crippen LogP contribution >= 0.6 is 0 Å². The van der Waals surface area contributed by atoms with E-state index < -0.39 is 0 Å². The second-order valence-electron chi connectivity index (χ2n) is 2.57. The zero-order valence-corrected chi connectivity index (χ0v) is 7.13. The van der Waals surface area contributed by atoms with Crippen LogP contribution in [-0.2, 0) is 0 Å². The summed E-state index contributed by atoms with van der Waals surface area (Å²) in [6, 6.07) is 3.60. The maximum Gasteiger partial charge on any atom is 0.194 e. The molecular formula is C8H12N2O2. The summed E-state index contributed by atoms with van der Waals surface area (Å²) in [4.78, 5) is 9.21. The molecule has 1 aromatic rings. The molecule has 0 aromatic heterocycles. The molecule has 0 bridgehead atoms. The first-order chi connectivity index (χ1) is 5.70. The Balaban J connectivity index is 3.25. The van der Waals surface area contributed by atoms with Crippen LogP contribution < -0.4 is 21.5 Å². The van der Waals surface area contributed by atoms with Crippen LogP contribution in [0.25, 0.3) is 0 Å². The van der Waals surface area contributed by atoms with Crippen LogP contribution in [0.3, 0.4) is 0 Å². The second kappa shape index (κ2) is 3.42. The minimum atomic E-state index is 0.445. The Kier molecular flexibility index (Phi) is 2.52. The summed E-state index contributed by atoms with van der Waals surface area (Å²) < 4.78 is 0. The monoisotopic (exact) mass is 168 g/mol. The van der Waals surface area contributed by atoms with Gasteiger partial charge in [-0.2, -0.15) is 11.8 Å². The molecule has 0 radical (unpaired) electrons. The van der Waals surface area contributed by atoms with Crippen LogP contribution in [0.5, 0.6) is 11.5 Å². The molecule has 0 spiro atoms. The van der Waals surface area contributed by atoms with E-state index in [0.717, 1.165) is 11.1 Å². The van der Waals surface area contributed by atoms with Crippen molar-refractivity contribution < 1.29 is 9.68 Å². The molecule has 0 amide bonds. The lowest BCUT2D eigenvalue weighted by molar-refractivity contribution is 0.279. The van der Waals surface area contributed by atoms with Gasteiger partial charge in [0.1, 0.15) is 0 Å². The smallest absolute Gasteiger partial charge is 0.194 e. The Morgan fingerprint density at radius 1 is 1.08 bits per heavy atom. The van der Waals surface area contributed by atoms with E-state index in [2.05, 4.69) is 9.68 Å². The zero-order valence-electron chi connectivity index (χ0n) is 7.13. The number of benzene rings is 1. The fourth-order valence-corrected chi connectivity index (χ4v) is 1.00. The van der Waals surface area contributed by atoms with Crippen molar-refractivity contribution >= 4 is 0 Å². The van der Waals surface area contributed by atoms with E-state index in [-0.39, 0.29) is 0 Å². The third kappa shape index (κ3) is 1.34. The van der Waals surface area contributed by atoms with Crippen LogP contribution in [0.4, 0.5) is 0 Å². The van der Waals surface area contributed by atoms with Crippen molar-refractivity contribution in [2.45, 2.75) is 13.8 Å². The summed E-state index contributed by atoms with van der Waals surface area (Å²) >= 11 is 0. The summed E-state index contributed by atoms with van der Waals surface area (Å²) in [6.45, 7) is 3.85. The Morgan fingerprint density at radius 3 is 2.25 bits per heavy atom. The molecule has 0 heterocycles. The zero-order chi connectivity index (χ0) is 9.14. The van der Waals surface area contributed by atoms with Gasteiger partial charge >= 0.3 is 0 Å². The van der Waals surface area contributed by atoms with Crippen molar-refractivity contribution in [1.82, 2.24) is 0 Å². The third-order valence-corrected chi connectivity index (χ3v) is 1.89. The fourth-order valence-electron chi connectivity index (χ4n) is 1.00. The molecule has 0 unspecified atom stereocenters. The predicted molar refractivity (Wildman–Crippen MR) is 45.5 cm³/mol. The maximum absolute atomic E-state index is 5.06. The van der Waals surface area contributed by atoms with Gasteiger partial charge < -0.3 is 9.68 Å². The summed E-state index contributed by atoms with van der Waals surface area (Å²) in [7, 11) is 0. The van der Waals surface area contributed by atoms with E-state index in [0.29, 0.717) is 11.5 Å². The predicted octanol–water partition coefficient (Wildman–Crippen LogP) is 0.808. The molecule has 0 saturated carbocycles. The van der Waals surface area contributed by atoms with E-state index in [1.165, 1.54) is 0 Å². The summed E-state index contributed by atoms with van der Waals surface area (Å²) in [5.74, 6) is 11.0. The lowest BCUT2D eigenvalue weighted by Gasteiger charge is -2.09. The molecule has 1 aromatic carbocycles. The highest BCUT2D eigenvalue weighted by atomic mass is 16.7. The molecule has 0 aliphatic carbocycles. The first kappa shape index (κ1) is 8.83. The van der Waals surface area contributed by atoms with E-state index in [1.807, 2.05) is 19.9 Å². The van der Waals surface area contributed by atoms with Gasteiger partial charge in [-0.3, -0.25) is 0 Å². The second-order valence-corrected chi connectivity index (χ2v) is 2.57. The molecule has 0 fully saturated rings. The molecule has 4 heteroatoms. The van der Waals surface area contributed by atoms with Crippen LogP contribution in [0, 0.1) is 13.8 Å². The number of hydrogen-bond acceptors (Lipinski definition) is 4. The molecule has 4 N–H and O–H groups in total. The van der Waals surface area contributed by atoms with Gasteiger partial charge in [0.25, 0.3) is 0 Å². The average Bonchev–Trinajstić information content (AvgIpc) is 2.09. The standard InChI is InChI=1S/C8H12N2O2/c1-5-3-4-7(11-9)8(12-10)6(5)2/h3-4H,9-10H2,1-2H3. The van der Waals surface area contributed by atoms with Crippen molar-refractivity contribution in [3.63, 3.8) is 0 Å². The van der Waals surface area contributed by atoms with Gasteiger partial charge in [-0.15, -0.1) is 0 Å². The molecule has 0 aliphatic heterocycles. The topological polar surface area (TPSA) is 70.5 Å². The van der Waals surface area contributed by atoms with Crippen LogP contribution in [0.2, 0.25) is 0 Å². The van der Waals surface area contributed by atoms with E-state index >= 15 is 0 Å². The Labute approximate surface area is 71.0 Å². The SMILES string of the molecule is Cc1ccc(ON)c(ON)c1C. The lowest BCUT2D eigenvalue weighted by atomic mass is 10.1. The molecule has 0 atom stereocenters. The number of nitrogens with two attached hydrogens (primary N) is 2. The minimum Gasteiger partial charge on any atom is -0.407 e. The van der Waals surface area contributed by atoms with Crippen molar-refractivity contribution in [2.24, 2.45) is 11.8 Å². The van der Waals surface area contributed by atoms with Gasteiger partial charge in [0.05, 0.1) is 0 Å². The molecule has 4 nitrogen and oxygen atoms in total. The number of aryl methyl sites for hydroxylation is 1. The molecular weight excluding hydrogens is 156 g/mol. The van der Waals surface area contributed by atoms with Crippen molar-refractivity contribution in [1.29, 1.82) is 0 Å². The molecule has 66 valence electrons. The van der Waals surface area contributed by atoms with Gasteiger partial charge in [0.2, 0.25) is 0 Å². The van der Waals surface area contributed by atoms with Crippen LogP contribution in [0.15, 0.2) is 12.1 Å². The normalized spacial score (nSPS) is 9.67. The quantitative estimate of drug-likeness (QED) is 0.641. The van der Waals surface area contributed by atoms with Crippen LogP contribution in [0.1, 0.15) is 11.1 Å². The highest BCUT2D eigenvalue weighted by molar-refractivity contribution is 5.49. The van der Waals surface area contributed by atoms with E-state index in [4.69, 9.17) is 11.8 Å². The Hall–Kier alpha value is -1.26. The Bertz CT molecular complexity index is 287. The minimum absolute atomic E-state index is 0.445. The molecule has 1 rings (SSSR count). The Morgan fingerprint density at radius 2 is 1.75 bits per heavy atom. The van der Waals surface area contributed by atoms with Gasteiger partial charge in [-0.25, -0.2) is 0 Å². The van der Waals surface area contributed by atoms with Crippen molar-refractivity contribution in [3.8, 4) is 11.5 Å². The number of hydrogen-bond donors (Lipinski definition) is 2. The molecule has 12 heavy (non-hydrogen) atoms. The first-order valence-electron chi connectivity index (χ1n) is 3.54. The largest absolute Gasteiger partial charge is 0.407 e. The lowest BCUT2D eigenvalue weighted by Crippen LogP contribution is -2.09. The first-order valence-corrected chi connectivity index (χ1v) is 3.54. The van der Waals surface area contributed by atoms with E-state index in [9.17, 15) is 0 Å². The highest BCUT2D eigenvalue weighted by Crippen LogP contribution is 2.31. The highest BCUT2D eigenvalue weighted by Gasteiger charge is 2.09. The van der Waals surface area contributed by atoms with Crippen LogP contribution in [-0.4, -0.2) is 0 Å². The van der Waals surface area contributed by atoms with Gasteiger partial charge in [-0.1, -0.05) is 6.07 Å². The number of rotatable bonds is 2. The molecule has 0 saturated heterocycles. The van der Waals surface area contributed by atoms with Gasteiger partial charge in [-0.05, 0) is 25.5 Å². The van der Waals surface area contributed by atoms with Crippen molar-refractivity contribution in [3.05, 3.63) is 23.3 Å². The molecule has 0 aliphatic rings. The van der Waals surface area contributed by atoms with Gasteiger partial charge in [0, 0.05) is 5.56 Å². The third-order valence-electron chi connectivity index (χ3n) is 1.89. The average molecular weight is 168 g/mol.